The van der Waals surface area contributed by atoms with Crippen molar-refractivity contribution in [1.82, 2.24) is 0 Å². The highest BCUT2D eigenvalue weighted by Gasteiger charge is 2.50. The van der Waals surface area contributed by atoms with E-state index in [0.717, 1.165) is 7.05 Å². The lowest BCUT2D eigenvalue weighted by Crippen LogP contribution is -3.00. The lowest BCUT2D eigenvalue weighted by atomic mass is 10.4. The van der Waals surface area contributed by atoms with Gasteiger partial charge in [-0.3, -0.25) is 0 Å². The van der Waals surface area contributed by atoms with Gasteiger partial charge in [0.2, 0.25) is 0 Å². The number of halogens is 4. The Bertz CT molecular complexity index is 136. The zero-order valence-electron chi connectivity index (χ0n) is 7.18. The molecule has 0 aliphatic carbocycles. The summed E-state index contributed by atoms with van der Waals surface area (Å²) < 4.78 is 35.4. The van der Waals surface area contributed by atoms with E-state index < -0.39 is 37.1 Å². The molecule has 2 N–H and O–H groups in total. The third-order valence-electron chi connectivity index (χ3n) is 1.80. The monoisotopic (exact) mass is 315 g/mol. The van der Waals surface area contributed by atoms with Crippen LogP contribution in [0.15, 0.2) is 0 Å². The molecule has 0 saturated heterocycles. The van der Waals surface area contributed by atoms with Crippen LogP contribution in [-0.4, -0.2) is 54.3 Å². The van der Waals surface area contributed by atoms with Gasteiger partial charge in [-0.25, -0.2) is 4.48 Å². The third-order valence-corrected chi connectivity index (χ3v) is 1.80. The summed E-state index contributed by atoms with van der Waals surface area (Å²) in [7, 11) is 0.937. The maximum Gasteiger partial charge on any atom is 0.561 e. The smallest absolute Gasteiger partial charge is 0.561 e. The van der Waals surface area contributed by atoms with E-state index in [1.165, 1.54) is 0 Å². The van der Waals surface area contributed by atoms with Crippen molar-refractivity contribution in [3.05, 3.63) is 0 Å². The number of nitrogens with zero attached hydrogens (tertiary/aromatic N) is 1. The van der Waals surface area contributed by atoms with Crippen LogP contribution in [0, 0.1) is 0 Å². The number of alkyl halides is 3. The highest BCUT2D eigenvalue weighted by molar-refractivity contribution is 4.40. The number of quaternary nitrogens is 1. The fraction of sp³-hybridized carbons (Fsp3) is 1.00. The maximum absolute atomic E-state index is 12.2. The Hall–Kier alpha value is 0.400. The number of rotatable bonds is 4. The largest absolute Gasteiger partial charge is 1.00 e. The average molecular weight is 315 g/mol. The Morgan fingerprint density at radius 3 is 1.54 bits per heavy atom. The second kappa shape index (κ2) is 5.99. The van der Waals surface area contributed by atoms with E-state index in [0.29, 0.717) is 0 Å². The van der Waals surface area contributed by atoms with Crippen LogP contribution in [0.5, 0.6) is 0 Å². The molecule has 0 aliphatic rings. The maximum atomic E-state index is 12.2. The number of hydrogen-bond donors (Lipinski definition) is 2. The number of likely N-dealkylation sites (N-methyl/N-ethyl adjacent to an activating group) is 1. The van der Waals surface area contributed by atoms with Gasteiger partial charge in [-0.05, 0) is 0 Å². The van der Waals surface area contributed by atoms with Crippen molar-refractivity contribution in [2.45, 2.75) is 6.30 Å². The molecule has 0 atom stereocenters. The summed E-state index contributed by atoms with van der Waals surface area (Å²) in [5, 5.41) is 16.8. The molecule has 0 aromatic heterocycles. The van der Waals surface area contributed by atoms with Gasteiger partial charge in [0.05, 0.1) is 20.3 Å². The molecule has 0 rings (SSSR count). The van der Waals surface area contributed by atoms with E-state index in [4.69, 9.17) is 10.2 Å². The van der Waals surface area contributed by atoms with E-state index in [9.17, 15) is 13.2 Å². The van der Waals surface area contributed by atoms with Crippen LogP contribution in [-0.2, 0) is 0 Å². The summed E-state index contributed by atoms with van der Waals surface area (Å²) >= 11 is 0. The van der Waals surface area contributed by atoms with E-state index in [1.54, 1.807) is 0 Å². The van der Waals surface area contributed by atoms with Crippen molar-refractivity contribution < 1.29 is 51.8 Å². The van der Waals surface area contributed by atoms with Gasteiger partial charge in [-0.2, -0.15) is 0 Å². The van der Waals surface area contributed by atoms with Crippen molar-refractivity contribution >= 4 is 0 Å². The molecule has 0 amide bonds. The lowest BCUT2D eigenvalue weighted by molar-refractivity contribution is -1.01. The van der Waals surface area contributed by atoms with Crippen LogP contribution >= 0.6 is 0 Å². The Balaban J connectivity index is 0. The number of hydrogen-bond acceptors (Lipinski definition) is 2. The first-order chi connectivity index (χ1) is 5.37. The zero-order chi connectivity index (χ0) is 9.83. The predicted octanol–water partition coefficient (Wildman–Crippen LogP) is -3.06. The first kappa shape index (κ1) is 15.9. The summed E-state index contributed by atoms with van der Waals surface area (Å²) in [6, 6.07) is 0. The summed E-state index contributed by atoms with van der Waals surface area (Å²) in [4.78, 5) is 0. The van der Waals surface area contributed by atoms with Gasteiger partial charge >= 0.3 is 6.30 Å². The van der Waals surface area contributed by atoms with Crippen LogP contribution in [0.4, 0.5) is 13.2 Å². The minimum absolute atomic E-state index is 0. The van der Waals surface area contributed by atoms with Crippen LogP contribution in [0.25, 0.3) is 0 Å². The third kappa shape index (κ3) is 4.43. The molecule has 0 saturated carbocycles. The minimum Gasteiger partial charge on any atom is -1.00 e. The molecule has 0 bridgehead atoms. The second-order valence-corrected chi connectivity index (χ2v) is 2.76. The van der Waals surface area contributed by atoms with E-state index in [-0.39, 0.29) is 24.0 Å². The molecule has 0 radical (unpaired) electrons. The molecule has 3 nitrogen and oxygen atoms in total. The highest BCUT2D eigenvalue weighted by atomic mass is 127. The molecule has 0 fully saturated rings. The summed E-state index contributed by atoms with van der Waals surface area (Å²) in [5.41, 5.74) is 0. The minimum atomic E-state index is -4.43. The number of aliphatic hydroxyl groups is 2. The SMILES string of the molecule is C[N+](CCO)(CCO)C(F)(F)F.[I-]. The van der Waals surface area contributed by atoms with Crippen LogP contribution in [0.3, 0.4) is 0 Å². The highest BCUT2D eigenvalue weighted by Crippen LogP contribution is 2.27. The quantitative estimate of drug-likeness (QED) is 0.329. The molecule has 0 heterocycles. The van der Waals surface area contributed by atoms with Crippen molar-refractivity contribution in [1.29, 1.82) is 0 Å². The summed E-state index contributed by atoms with van der Waals surface area (Å²) in [6.45, 7) is -1.94. The fourth-order valence-electron chi connectivity index (χ4n) is 0.807. The summed E-state index contributed by atoms with van der Waals surface area (Å²) in [6.07, 6.45) is -4.43. The molecule has 0 unspecified atom stereocenters. The molecular weight excluding hydrogens is 302 g/mol. The van der Waals surface area contributed by atoms with Crippen LogP contribution < -0.4 is 24.0 Å². The molecule has 0 aliphatic heterocycles. The van der Waals surface area contributed by atoms with Gasteiger partial charge in [-0.15, -0.1) is 13.2 Å². The lowest BCUT2D eigenvalue weighted by Gasteiger charge is -2.33. The van der Waals surface area contributed by atoms with Gasteiger partial charge in [0.15, 0.2) is 0 Å². The first-order valence-corrected chi connectivity index (χ1v) is 3.50. The van der Waals surface area contributed by atoms with Gasteiger partial charge in [-0.1, -0.05) is 0 Å². The number of aliphatic hydroxyl groups excluding tert-OH is 2. The van der Waals surface area contributed by atoms with Crippen molar-refractivity contribution in [2.24, 2.45) is 0 Å². The Morgan fingerprint density at radius 1 is 1.08 bits per heavy atom. The molecular formula is C6H13F3INO2. The average Bonchev–Trinajstić information content (AvgIpc) is 1.86. The Labute approximate surface area is 91.8 Å². The molecule has 82 valence electrons. The van der Waals surface area contributed by atoms with Gasteiger partial charge in [0, 0.05) is 0 Å². The topological polar surface area (TPSA) is 40.5 Å². The van der Waals surface area contributed by atoms with Crippen molar-refractivity contribution in [3.8, 4) is 0 Å². The molecule has 0 aromatic rings. The van der Waals surface area contributed by atoms with Crippen molar-refractivity contribution in [3.63, 3.8) is 0 Å². The van der Waals surface area contributed by atoms with Crippen molar-refractivity contribution in [2.75, 3.05) is 33.4 Å². The van der Waals surface area contributed by atoms with Crippen LogP contribution in [0.1, 0.15) is 0 Å². The molecule has 13 heavy (non-hydrogen) atoms. The first-order valence-electron chi connectivity index (χ1n) is 3.50. The van der Waals surface area contributed by atoms with Gasteiger partial charge < -0.3 is 34.2 Å². The van der Waals surface area contributed by atoms with E-state index in [2.05, 4.69) is 0 Å². The van der Waals surface area contributed by atoms with E-state index >= 15 is 0 Å². The molecule has 0 spiro atoms. The van der Waals surface area contributed by atoms with Gasteiger partial charge in [0.1, 0.15) is 13.1 Å². The van der Waals surface area contributed by atoms with Gasteiger partial charge in [0.25, 0.3) is 0 Å². The molecule has 0 aromatic carbocycles. The predicted molar refractivity (Wildman–Crippen MR) is 36.1 cm³/mol. The molecule has 7 heteroatoms. The van der Waals surface area contributed by atoms with E-state index in [1.807, 2.05) is 0 Å². The summed E-state index contributed by atoms with van der Waals surface area (Å²) in [5.74, 6) is 0. The second-order valence-electron chi connectivity index (χ2n) is 2.76. The Morgan fingerprint density at radius 2 is 1.38 bits per heavy atom. The normalized spacial score (nSPS) is 12.5. The standard InChI is InChI=1S/C6H13F3NO2.HI/c1-10(2-4-11,3-5-12)6(7,8)9;/h11-12H,2-5H2,1H3;1H/q+1;/p-1. The fourth-order valence-corrected chi connectivity index (χ4v) is 0.807. The Kier molecular flexibility index (Phi) is 7.31. The van der Waals surface area contributed by atoms with Crippen LogP contribution in [0.2, 0.25) is 0 Å². The zero-order valence-corrected chi connectivity index (χ0v) is 9.34.